The molecular weight excluding hydrogens is 466 g/mol. The molecule has 0 aliphatic rings. The zero-order valence-corrected chi connectivity index (χ0v) is 22.4. The van der Waals surface area contributed by atoms with E-state index < -0.39 is 41.6 Å². The number of methoxy groups -OCH3 is 1. The van der Waals surface area contributed by atoms with Crippen molar-refractivity contribution < 1.29 is 33.8 Å². The highest BCUT2D eigenvalue weighted by molar-refractivity contribution is 5.93. The van der Waals surface area contributed by atoms with Gasteiger partial charge in [0.05, 0.1) is 7.11 Å². The SMILES string of the molecule is CCCCCN(C(=O)C(NC(=O)OC(C)(C)C)C(C)C)C(C(=O)NCC(=O)OC)c1cccc(O)c1. The van der Waals surface area contributed by atoms with Gasteiger partial charge < -0.3 is 30.1 Å². The minimum Gasteiger partial charge on any atom is -0.508 e. The molecule has 0 fully saturated rings. The number of hydrogen-bond acceptors (Lipinski definition) is 7. The Kier molecular flexibility index (Phi) is 12.2. The summed E-state index contributed by atoms with van der Waals surface area (Å²) in [4.78, 5) is 52.8. The van der Waals surface area contributed by atoms with Crippen LogP contribution in [-0.2, 0) is 23.9 Å². The van der Waals surface area contributed by atoms with Crippen LogP contribution in [0.3, 0.4) is 0 Å². The molecule has 2 unspecified atom stereocenters. The molecule has 1 rings (SSSR count). The van der Waals surface area contributed by atoms with Gasteiger partial charge in [0.1, 0.15) is 30.0 Å². The maximum absolute atomic E-state index is 13.9. The fourth-order valence-electron chi connectivity index (χ4n) is 3.52. The standard InChI is InChI=1S/C26H41N3O7/c1-8-9-10-14-29(24(33)21(17(2)3)28-25(34)36-26(4,5)6)22(18-12-11-13-19(30)15-18)23(32)27-16-20(31)35-7/h11-13,15,17,21-22,30H,8-10,14,16H2,1-7H3,(H,27,32)(H,28,34). The van der Waals surface area contributed by atoms with Gasteiger partial charge in [-0.15, -0.1) is 0 Å². The Hall–Kier alpha value is -3.30. The largest absolute Gasteiger partial charge is 0.508 e. The van der Waals surface area contributed by atoms with E-state index in [9.17, 15) is 24.3 Å². The van der Waals surface area contributed by atoms with Gasteiger partial charge in [0, 0.05) is 6.54 Å². The molecule has 10 nitrogen and oxygen atoms in total. The van der Waals surface area contributed by atoms with Gasteiger partial charge in [-0.25, -0.2) is 4.79 Å². The molecule has 0 saturated heterocycles. The van der Waals surface area contributed by atoms with Gasteiger partial charge in [0.25, 0.3) is 0 Å². The van der Waals surface area contributed by atoms with Gasteiger partial charge in [-0.05, 0) is 50.8 Å². The molecule has 0 saturated carbocycles. The monoisotopic (exact) mass is 507 g/mol. The lowest BCUT2D eigenvalue weighted by Gasteiger charge is -2.35. The molecule has 0 aromatic heterocycles. The lowest BCUT2D eigenvalue weighted by atomic mass is 9.98. The Balaban J connectivity index is 3.44. The number of rotatable bonds is 12. The number of nitrogens with zero attached hydrogens (tertiary/aromatic N) is 1. The Morgan fingerprint density at radius 2 is 1.78 bits per heavy atom. The van der Waals surface area contributed by atoms with Crippen molar-refractivity contribution in [2.45, 2.75) is 78.5 Å². The molecule has 1 aromatic rings. The molecule has 3 amide bonds. The number of unbranched alkanes of at least 4 members (excludes halogenated alkanes) is 2. The lowest BCUT2D eigenvalue weighted by Crippen LogP contribution is -2.55. The summed E-state index contributed by atoms with van der Waals surface area (Å²) in [6, 6.07) is 3.90. The topological polar surface area (TPSA) is 134 Å². The van der Waals surface area contributed by atoms with Crippen molar-refractivity contribution in [2.24, 2.45) is 5.92 Å². The van der Waals surface area contributed by atoms with Crippen molar-refractivity contribution in [3.05, 3.63) is 29.8 Å². The van der Waals surface area contributed by atoms with E-state index in [4.69, 9.17) is 4.74 Å². The number of esters is 1. The third-order valence-electron chi connectivity index (χ3n) is 5.27. The maximum atomic E-state index is 13.9. The van der Waals surface area contributed by atoms with E-state index in [0.717, 1.165) is 12.8 Å². The summed E-state index contributed by atoms with van der Waals surface area (Å²) in [5.41, 5.74) is -0.394. The Morgan fingerprint density at radius 1 is 1.11 bits per heavy atom. The number of aromatic hydroxyl groups is 1. The van der Waals surface area contributed by atoms with E-state index in [0.29, 0.717) is 12.0 Å². The van der Waals surface area contributed by atoms with Crippen molar-refractivity contribution in [3.8, 4) is 5.75 Å². The zero-order valence-electron chi connectivity index (χ0n) is 22.4. The number of benzene rings is 1. The number of amides is 3. The number of alkyl carbamates (subject to hydrolysis) is 1. The van der Waals surface area contributed by atoms with Gasteiger partial charge in [-0.2, -0.15) is 0 Å². The van der Waals surface area contributed by atoms with Crippen molar-refractivity contribution in [3.63, 3.8) is 0 Å². The summed E-state index contributed by atoms with van der Waals surface area (Å²) >= 11 is 0. The fourth-order valence-corrected chi connectivity index (χ4v) is 3.52. The van der Waals surface area contributed by atoms with E-state index in [2.05, 4.69) is 15.4 Å². The number of carbonyl (C=O) groups excluding carboxylic acids is 4. The molecule has 0 aliphatic heterocycles. The molecule has 0 heterocycles. The summed E-state index contributed by atoms with van der Waals surface area (Å²) in [5, 5.41) is 15.2. The van der Waals surface area contributed by atoms with E-state index in [-0.39, 0.29) is 24.8 Å². The Bertz CT molecular complexity index is 896. The van der Waals surface area contributed by atoms with Crippen LogP contribution in [0.15, 0.2) is 24.3 Å². The first-order valence-electron chi connectivity index (χ1n) is 12.2. The number of nitrogens with one attached hydrogen (secondary N) is 2. The minimum absolute atomic E-state index is 0.0773. The van der Waals surface area contributed by atoms with E-state index in [1.165, 1.54) is 24.1 Å². The third-order valence-corrected chi connectivity index (χ3v) is 5.27. The van der Waals surface area contributed by atoms with Gasteiger partial charge in [0.15, 0.2) is 0 Å². The molecule has 0 radical (unpaired) electrons. The van der Waals surface area contributed by atoms with Gasteiger partial charge in [-0.3, -0.25) is 14.4 Å². The molecule has 0 bridgehead atoms. The predicted octanol–water partition coefficient (Wildman–Crippen LogP) is 3.29. The van der Waals surface area contributed by atoms with Crippen molar-refractivity contribution in [1.29, 1.82) is 0 Å². The van der Waals surface area contributed by atoms with Crippen LogP contribution < -0.4 is 10.6 Å². The van der Waals surface area contributed by atoms with Crippen LogP contribution in [0.4, 0.5) is 4.79 Å². The maximum Gasteiger partial charge on any atom is 0.408 e. The molecule has 202 valence electrons. The molecule has 36 heavy (non-hydrogen) atoms. The minimum atomic E-state index is -1.16. The highest BCUT2D eigenvalue weighted by atomic mass is 16.6. The normalized spacial score (nSPS) is 12.9. The van der Waals surface area contributed by atoms with Crippen molar-refractivity contribution in [1.82, 2.24) is 15.5 Å². The predicted molar refractivity (Wildman–Crippen MR) is 135 cm³/mol. The fraction of sp³-hybridized carbons (Fsp3) is 0.615. The van der Waals surface area contributed by atoms with Crippen LogP contribution in [-0.4, -0.2) is 65.7 Å². The summed E-state index contributed by atoms with van der Waals surface area (Å²) in [6.07, 6.45) is 1.56. The Morgan fingerprint density at radius 3 is 2.31 bits per heavy atom. The number of ether oxygens (including phenoxy) is 2. The van der Waals surface area contributed by atoms with Crippen LogP contribution in [0.5, 0.6) is 5.75 Å². The van der Waals surface area contributed by atoms with E-state index >= 15 is 0 Å². The first-order chi connectivity index (χ1) is 16.8. The lowest BCUT2D eigenvalue weighted by molar-refractivity contribution is -0.145. The van der Waals surface area contributed by atoms with Gasteiger partial charge >= 0.3 is 12.1 Å². The first-order valence-corrected chi connectivity index (χ1v) is 12.2. The molecule has 0 aliphatic carbocycles. The van der Waals surface area contributed by atoms with Crippen LogP contribution in [0.2, 0.25) is 0 Å². The van der Waals surface area contributed by atoms with E-state index in [1.54, 1.807) is 46.8 Å². The second-order valence-electron chi connectivity index (χ2n) is 9.90. The summed E-state index contributed by atoms with van der Waals surface area (Å²) in [7, 11) is 1.21. The highest BCUT2D eigenvalue weighted by Gasteiger charge is 2.37. The van der Waals surface area contributed by atoms with Crippen LogP contribution in [0, 0.1) is 5.92 Å². The number of hydrogen-bond donors (Lipinski definition) is 3. The average Bonchev–Trinajstić information content (AvgIpc) is 2.78. The van der Waals surface area contributed by atoms with Crippen molar-refractivity contribution >= 4 is 23.9 Å². The summed E-state index contributed by atoms with van der Waals surface area (Å²) < 4.78 is 9.96. The van der Waals surface area contributed by atoms with Crippen LogP contribution in [0.25, 0.3) is 0 Å². The molecule has 10 heteroatoms. The molecule has 1 aromatic carbocycles. The summed E-state index contributed by atoms with van der Waals surface area (Å²) in [5.74, 6) is -2.13. The first kappa shape index (κ1) is 30.7. The van der Waals surface area contributed by atoms with Gasteiger partial charge in [-0.1, -0.05) is 45.7 Å². The quantitative estimate of drug-likeness (QED) is 0.292. The Labute approximate surface area is 213 Å². The number of phenols is 1. The molecular formula is C26H41N3O7. The second kappa shape index (κ2) is 14.3. The van der Waals surface area contributed by atoms with Crippen LogP contribution in [0.1, 0.15) is 72.4 Å². The zero-order chi connectivity index (χ0) is 27.5. The summed E-state index contributed by atoms with van der Waals surface area (Å²) in [6.45, 7) is 10.6. The van der Waals surface area contributed by atoms with Gasteiger partial charge in [0.2, 0.25) is 11.8 Å². The number of carbonyl (C=O) groups is 4. The third kappa shape index (κ3) is 10.1. The van der Waals surface area contributed by atoms with Crippen molar-refractivity contribution in [2.75, 3.05) is 20.2 Å². The van der Waals surface area contributed by atoms with E-state index in [1.807, 2.05) is 6.92 Å². The molecule has 3 N–H and O–H groups in total. The highest BCUT2D eigenvalue weighted by Crippen LogP contribution is 2.27. The molecule has 2 atom stereocenters. The second-order valence-corrected chi connectivity index (χ2v) is 9.90. The smallest absolute Gasteiger partial charge is 0.408 e. The molecule has 0 spiro atoms. The number of phenolic OH excluding ortho intramolecular Hbond substituents is 1. The average molecular weight is 508 g/mol. The van der Waals surface area contributed by atoms with Crippen LogP contribution >= 0.6 is 0 Å².